The molecule has 178 valence electrons. The lowest BCUT2D eigenvalue weighted by molar-refractivity contribution is -0.130. The number of methoxy groups -OCH3 is 1. The number of carbonyl (C=O) groups excluding carboxylic acids is 1. The third kappa shape index (κ3) is 7.09. The van der Waals surface area contributed by atoms with Gasteiger partial charge in [-0.1, -0.05) is 34.6 Å². The Balaban J connectivity index is 2.40. The fraction of sp³-hybridized carbons (Fsp3) is 0.615. The summed E-state index contributed by atoms with van der Waals surface area (Å²) < 4.78 is 5.31. The zero-order chi connectivity index (χ0) is 23.9. The zero-order valence-corrected chi connectivity index (χ0v) is 20.6. The number of fused-ring (bicyclic) bond motifs is 1. The van der Waals surface area contributed by atoms with E-state index in [1.54, 1.807) is 13.2 Å². The first-order valence-electron chi connectivity index (χ1n) is 11.7. The zero-order valence-electron chi connectivity index (χ0n) is 20.6. The molecule has 2 aromatic rings. The lowest BCUT2D eigenvalue weighted by atomic mass is 9.91. The number of nitrogens with one attached hydrogen (secondary N) is 1. The van der Waals surface area contributed by atoms with Gasteiger partial charge in [0.1, 0.15) is 5.75 Å². The lowest BCUT2D eigenvalue weighted by Crippen LogP contribution is -2.36. The molecule has 0 bridgehead atoms. The number of amides is 1. The summed E-state index contributed by atoms with van der Waals surface area (Å²) in [5, 5.41) is 9.96. The van der Waals surface area contributed by atoms with E-state index in [9.17, 15) is 9.59 Å². The molecule has 0 fully saturated rings. The van der Waals surface area contributed by atoms with Crippen LogP contribution in [0.25, 0.3) is 10.9 Å². The Labute approximate surface area is 192 Å². The fourth-order valence-electron chi connectivity index (χ4n) is 3.98. The first kappa shape index (κ1) is 25.9. The van der Waals surface area contributed by atoms with Gasteiger partial charge in [-0.3, -0.25) is 9.59 Å². The number of nitrogens with zero attached hydrogens (tertiary/aromatic N) is 1. The van der Waals surface area contributed by atoms with Crippen LogP contribution >= 0.6 is 0 Å². The van der Waals surface area contributed by atoms with Crippen LogP contribution in [-0.2, 0) is 11.2 Å². The Hall–Kier alpha value is -2.34. The standard InChI is InChI=1S/C26H40N2O4/c1-18(2)24-21(20-11-10-19(32-6)16-22(20)27-25(24)31)17-23(30)28(13-8-7-9-15-29)14-12-26(3,4)5/h10-11,16,18,29H,7-9,12-15,17H2,1-6H3,(H,27,31). The molecule has 0 atom stereocenters. The smallest absolute Gasteiger partial charge is 0.252 e. The van der Waals surface area contributed by atoms with E-state index in [1.807, 2.05) is 30.9 Å². The van der Waals surface area contributed by atoms with Gasteiger partial charge < -0.3 is 19.7 Å². The number of unbranched alkanes of at least 4 members (excludes halogenated alkanes) is 2. The van der Waals surface area contributed by atoms with E-state index in [-0.39, 0.29) is 35.8 Å². The van der Waals surface area contributed by atoms with E-state index >= 15 is 0 Å². The largest absolute Gasteiger partial charge is 0.497 e. The summed E-state index contributed by atoms with van der Waals surface area (Å²) in [7, 11) is 1.59. The number of aromatic amines is 1. The monoisotopic (exact) mass is 444 g/mol. The molecule has 0 aliphatic heterocycles. The average Bonchev–Trinajstić information content (AvgIpc) is 2.71. The molecule has 1 heterocycles. The summed E-state index contributed by atoms with van der Waals surface area (Å²) in [6, 6.07) is 5.60. The Morgan fingerprint density at radius 1 is 1.16 bits per heavy atom. The van der Waals surface area contributed by atoms with Crippen molar-refractivity contribution in [3.8, 4) is 5.75 Å². The van der Waals surface area contributed by atoms with Crippen molar-refractivity contribution in [2.75, 3.05) is 26.8 Å². The van der Waals surface area contributed by atoms with Crippen LogP contribution in [-0.4, -0.2) is 47.7 Å². The third-order valence-corrected chi connectivity index (χ3v) is 5.85. The second kappa shape index (κ2) is 11.5. The van der Waals surface area contributed by atoms with Crippen LogP contribution in [0.1, 0.15) is 77.3 Å². The molecule has 6 nitrogen and oxygen atoms in total. The Morgan fingerprint density at radius 3 is 2.47 bits per heavy atom. The fourth-order valence-corrected chi connectivity index (χ4v) is 3.98. The SMILES string of the molecule is COc1ccc2c(CC(=O)N(CCCCCO)CCC(C)(C)C)c(C(C)C)c(=O)[nH]c2c1. The minimum absolute atomic E-state index is 0.000584. The van der Waals surface area contributed by atoms with E-state index in [4.69, 9.17) is 9.84 Å². The molecule has 0 saturated carbocycles. The number of carbonyl (C=O) groups is 1. The summed E-state index contributed by atoms with van der Waals surface area (Å²) in [4.78, 5) is 31.3. The number of aliphatic hydroxyl groups excluding tert-OH is 1. The maximum absolute atomic E-state index is 13.5. The lowest BCUT2D eigenvalue weighted by Gasteiger charge is -2.28. The van der Waals surface area contributed by atoms with Gasteiger partial charge >= 0.3 is 0 Å². The number of rotatable bonds is 11. The van der Waals surface area contributed by atoms with E-state index in [0.29, 0.717) is 29.9 Å². The van der Waals surface area contributed by atoms with Crippen LogP contribution in [0.15, 0.2) is 23.0 Å². The maximum Gasteiger partial charge on any atom is 0.252 e. The van der Waals surface area contributed by atoms with Gasteiger partial charge in [0, 0.05) is 36.7 Å². The van der Waals surface area contributed by atoms with Crippen molar-refractivity contribution in [1.82, 2.24) is 9.88 Å². The van der Waals surface area contributed by atoms with E-state index in [1.165, 1.54) is 0 Å². The molecule has 0 spiro atoms. The Morgan fingerprint density at radius 2 is 1.88 bits per heavy atom. The maximum atomic E-state index is 13.5. The number of aromatic nitrogens is 1. The molecule has 1 aromatic heterocycles. The van der Waals surface area contributed by atoms with Gasteiger partial charge in [0.15, 0.2) is 0 Å². The highest BCUT2D eigenvalue weighted by molar-refractivity contribution is 5.90. The Bertz CT molecular complexity index is 957. The predicted molar refractivity (Wildman–Crippen MR) is 131 cm³/mol. The van der Waals surface area contributed by atoms with Crippen molar-refractivity contribution >= 4 is 16.8 Å². The van der Waals surface area contributed by atoms with E-state index in [2.05, 4.69) is 25.8 Å². The van der Waals surface area contributed by atoms with Gasteiger partial charge in [-0.15, -0.1) is 0 Å². The summed E-state index contributed by atoms with van der Waals surface area (Å²) >= 11 is 0. The molecule has 2 N–H and O–H groups in total. The second-order valence-corrected chi connectivity index (χ2v) is 10.1. The minimum Gasteiger partial charge on any atom is -0.497 e. The molecule has 0 radical (unpaired) electrons. The summed E-state index contributed by atoms with van der Waals surface area (Å²) in [6.07, 6.45) is 3.61. The summed E-state index contributed by atoms with van der Waals surface area (Å²) in [5.41, 5.74) is 2.15. The molecule has 32 heavy (non-hydrogen) atoms. The van der Waals surface area contributed by atoms with Gasteiger partial charge in [-0.2, -0.15) is 0 Å². The summed E-state index contributed by atoms with van der Waals surface area (Å²) in [5.74, 6) is 0.710. The number of benzene rings is 1. The topological polar surface area (TPSA) is 82.6 Å². The van der Waals surface area contributed by atoms with Gasteiger partial charge in [0.2, 0.25) is 5.91 Å². The molecule has 0 unspecified atom stereocenters. The van der Waals surface area contributed by atoms with Crippen molar-refractivity contribution in [3.63, 3.8) is 0 Å². The molecule has 1 aromatic carbocycles. The van der Waals surface area contributed by atoms with Crippen LogP contribution < -0.4 is 10.3 Å². The highest BCUT2D eigenvalue weighted by Crippen LogP contribution is 2.27. The molecule has 0 aliphatic rings. The average molecular weight is 445 g/mol. The normalized spacial score (nSPS) is 11.9. The molecule has 0 aliphatic carbocycles. The predicted octanol–water partition coefficient (Wildman–Crippen LogP) is 4.63. The number of hydrogen-bond donors (Lipinski definition) is 2. The van der Waals surface area contributed by atoms with Gasteiger partial charge in [-0.05, 0) is 54.7 Å². The molecule has 1 amide bonds. The van der Waals surface area contributed by atoms with Crippen molar-refractivity contribution in [2.45, 2.75) is 72.6 Å². The molecule has 2 rings (SSSR count). The minimum atomic E-state index is -0.146. The number of ether oxygens (including phenoxy) is 1. The summed E-state index contributed by atoms with van der Waals surface area (Å²) in [6.45, 7) is 12.0. The molecule has 0 saturated heterocycles. The van der Waals surface area contributed by atoms with Crippen LogP contribution in [0.4, 0.5) is 0 Å². The van der Waals surface area contributed by atoms with E-state index in [0.717, 1.165) is 36.6 Å². The Kier molecular flexibility index (Phi) is 9.32. The van der Waals surface area contributed by atoms with Crippen molar-refractivity contribution < 1.29 is 14.6 Å². The second-order valence-electron chi connectivity index (χ2n) is 10.1. The highest BCUT2D eigenvalue weighted by atomic mass is 16.5. The van der Waals surface area contributed by atoms with Crippen LogP contribution in [0.5, 0.6) is 5.75 Å². The van der Waals surface area contributed by atoms with Crippen molar-refractivity contribution in [2.24, 2.45) is 5.41 Å². The first-order chi connectivity index (χ1) is 15.1. The highest BCUT2D eigenvalue weighted by Gasteiger charge is 2.22. The van der Waals surface area contributed by atoms with Gasteiger partial charge in [0.05, 0.1) is 19.0 Å². The van der Waals surface area contributed by atoms with Crippen molar-refractivity contribution in [3.05, 3.63) is 39.7 Å². The molecular formula is C26H40N2O4. The van der Waals surface area contributed by atoms with Gasteiger partial charge in [0.25, 0.3) is 5.56 Å². The molecular weight excluding hydrogens is 404 g/mol. The van der Waals surface area contributed by atoms with Crippen LogP contribution in [0.3, 0.4) is 0 Å². The van der Waals surface area contributed by atoms with Gasteiger partial charge in [-0.25, -0.2) is 0 Å². The number of pyridine rings is 1. The van der Waals surface area contributed by atoms with Crippen LogP contribution in [0, 0.1) is 5.41 Å². The number of hydrogen-bond acceptors (Lipinski definition) is 4. The number of aliphatic hydroxyl groups is 1. The van der Waals surface area contributed by atoms with E-state index < -0.39 is 0 Å². The van der Waals surface area contributed by atoms with Crippen LogP contribution in [0.2, 0.25) is 0 Å². The quantitative estimate of drug-likeness (QED) is 0.495. The third-order valence-electron chi connectivity index (χ3n) is 5.85. The number of H-pyrrole nitrogens is 1. The van der Waals surface area contributed by atoms with Crippen molar-refractivity contribution in [1.29, 1.82) is 0 Å². The first-order valence-corrected chi connectivity index (χ1v) is 11.7. The molecule has 6 heteroatoms.